The van der Waals surface area contributed by atoms with E-state index < -0.39 is 12.1 Å². The van der Waals surface area contributed by atoms with Crippen LogP contribution in [0.4, 0.5) is 10.5 Å². The second-order valence-electron chi connectivity index (χ2n) is 5.82. The summed E-state index contributed by atoms with van der Waals surface area (Å²) in [5.74, 6) is 2.32. The van der Waals surface area contributed by atoms with Crippen molar-refractivity contribution < 1.29 is 28.8 Å². The Morgan fingerprint density at radius 1 is 1.11 bits per heavy atom. The van der Waals surface area contributed by atoms with Gasteiger partial charge in [0.1, 0.15) is 24.7 Å². The third-order valence-electron chi connectivity index (χ3n) is 4.06. The van der Waals surface area contributed by atoms with Crippen LogP contribution in [0.5, 0.6) is 23.0 Å². The monoisotopic (exact) mass is 374 g/mol. The fourth-order valence-corrected chi connectivity index (χ4v) is 2.64. The number of nitrogens with one attached hydrogen (secondary N) is 2. The molecule has 1 aliphatic rings. The van der Waals surface area contributed by atoms with Crippen molar-refractivity contribution in [3.63, 3.8) is 0 Å². The number of aliphatic hydroxyl groups is 1. The van der Waals surface area contributed by atoms with Crippen LogP contribution in [0.2, 0.25) is 0 Å². The number of anilines is 1. The van der Waals surface area contributed by atoms with Crippen molar-refractivity contribution in [2.24, 2.45) is 0 Å². The molecule has 0 unspecified atom stereocenters. The molecular formula is C19H22N2O6. The predicted octanol–water partition coefficient (Wildman–Crippen LogP) is 2.33. The number of amides is 2. The molecule has 0 bridgehead atoms. The Morgan fingerprint density at radius 2 is 1.89 bits per heavy atom. The molecule has 0 aliphatic carbocycles. The van der Waals surface area contributed by atoms with E-state index in [0.29, 0.717) is 47.5 Å². The Hall–Kier alpha value is -3.13. The number of rotatable bonds is 6. The van der Waals surface area contributed by atoms with Gasteiger partial charge in [-0.1, -0.05) is 6.07 Å². The number of urea groups is 1. The van der Waals surface area contributed by atoms with Gasteiger partial charge in [0.15, 0.2) is 11.5 Å². The van der Waals surface area contributed by atoms with E-state index in [0.717, 1.165) is 0 Å². The summed E-state index contributed by atoms with van der Waals surface area (Å²) in [5.41, 5.74) is 1.12. The Balaban J connectivity index is 1.57. The molecule has 1 heterocycles. The van der Waals surface area contributed by atoms with Gasteiger partial charge in [-0.2, -0.15) is 0 Å². The smallest absolute Gasteiger partial charge is 0.319 e. The Kier molecular flexibility index (Phi) is 5.87. The lowest BCUT2D eigenvalue weighted by Gasteiger charge is -2.20. The van der Waals surface area contributed by atoms with Gasteiger partial charge >= 0.3 is 6.03 Å². The zero-order valence-corrected chi connectivity index (χ0v) is 15.2. The molecule has 0 radical (unpaired) electrons. The zero-order chi connectivity index (χ0) is 19.2. The average molecular weight is 374 g/mol. The van der Waals surface area contributed by atoms with Crippen molar-refractivity contribution in [2.75, 3.05) is 39.3 Å². The lowest BCUT2D eigenvalue weighted by atomic mass is 10.1. The molecule has 27 heavy (non-hydrogen) atoms. The standard InChI is InChI=1S/C19H22N2O6/c1-24-13-4-5-14(17(10-13)25-2)21-19(23)20-11-15(22)12-3-6-16-18(9-12)27-8-7-26-16/h3-6,9-10,15,22H,7-8,11H2,1-2H3,(H2,20,21,23)/t15-/m0/s1. The van der Waals surface area contributed by atoms with Crippen LogP contribution in [-0.2, 0) is 0 Å². The van der Waals surface area contributed by atoms with Gasteiger partial charge < -0.3 is 34.7 Å². The Morgan fingerprint density at radius 3 is 2.63 bits per heavy atom. The maximum Gasteiger partial charge on any atom is 0.319 e. The molecule has 8 nitrogen and oxygen atoms in total. The van der Waals surface area contributed by atoms with E-state index in [1.165, 1.54) is 7.11 Å². The van der Waals surface area contributed by atoms with E-state index in [1.807, 2.05) is 0 Å². The first-order valence-electron chi connectivity index (χ1n) is 8.45. The van der Waals surface area contributed by atoms with Crippen molar-refractivity contribution in [3.8, 4) is 23.0 Å². The lowest BCUT2D eigenvalue weighted by molar-refractivity contribution is 0.163. The third-order valence-corrected chi connectivity index (χ3v) is 4.06. The number of fused-ring (bicyclic) bond motifs is 1. The highest BCUT2D eigenvalue weighted by Gasteiger charge is 2.16. The second-order valence-corrected chi connectivity index (χ2v) is 5.82. The summed E-state index contributed by atoms with van der Waals surface area (Å²) in [6.45, 7) is 1.01. The first kappa shape index (κ1) is 18.7. The van der Waals surface area contributed by atoms with E-state index in [9.17, 15) is 9.90 Å². The summed E-state index contributed by atoms with van der Waals surface area (Å²) >= 11 is 0. The number of methoxy groups -OCH3 is 2. The van der Waals surface area contributed by atoms with E-state index in [-0.39, 0.29) is 6.54 Å². The number of hydrogen-bond acceptors (Lipinski definition) is 6. The van der Waals surface area contributed by atoms with Crippen LogP contribution in [0.25, 0.3) is 0 Å². The molecular weight excluding hydrogens is 352 g/mol. The maximum absolute atomic E-state index is 12.1. The number of hydrogen-bond donors (Lipinski definition) is 3. The summed E-state index contributed by atoms with van der Waals surface area (Å²) in [4.78, 5) is 12.1. The number of benzene rings is 2. The molecule has 8 heteroatoms. The lowest BCUT2D eigenvalue weighted by Crippen LogP contribution is -2.32. The molecule has 2 aromatic rings. The largest absolute Gasteiger partial charge is 0.497 e. The molecule has 1 aliphatic heterocycles. The van der Waals surface area contributed by atoms with Crippen molar-refractivity contribution in [2.45, 2.75) is 6.10 Å². The number of carbonyl (C=O) groups is 1. The van der Waals surface area contributed by atoms with Crippen molar-refractivity contribution >= 4 is 11.7 Å². The summed E-state index contributed by atoms with van der Waals surface area (Å²) in [6.07, 6.45) is -0.885. The summed E-state index contributed by atoms with van der Waals surface area (Å²) < 4.78 is 21.3. The first-order valence-corrected chi connectivity index (χ1v) is 8.45. The van der Waals surface area contributed by atoms with Gasteiger partial charge in [-0.15, -0.1) is 0 Å². The van der Waals surface area contributed by atoms with Gasteiger partial charge in [0.2, 0.25) is 0 Å². The van der Waals surface area contributed by atoms with Crippen molar-refractivity contribution in [1.29, 1.82) is 0 Å². The summed E-state index contributed by atoms with van der Waals surface area (Å²) in [7, 11) is 3.05. The van der Waals surface area contributed by atoms with E-state index in [4.69, 9.17) is 18.9 Å². The van der Waals surface area contributed by atoms with Gasteiger partial charge in [0, 0.05) is 12.6 Å². The van der Waals surface area contributed by atoms with E-state index in [2.05, 4.69) is 10.6 Å². The topological polar surface area (TPSA) is 98.3 Å². The number of carbonyl (C=O) groups excluding carboxylic acids is 1. The Bertz CT molecular complexity index is 811. The molecule has 0 saturated carbocycles. The van der Waals surface area contributed by atoms with Gasteiger partial charge in [-0.3, -0.25) is 0 Å². The normalized spacial score (nSPS) is 13.4. The second kappa shape index (κ2) is 8.50. The van der Waals surface area contributed by atoms with Crippen LogP contribution in [0.15, 0.2) is 36.4 Å². The maximum atomic E-state index is 12.1. The van der Waals surface area contributed by atoms with Crippen molar-refractivity contribution in [3.05, 3.63) is 42.0 Å². The van der Waals surface area contributed by atoms with Gasteiger partial charge in [-0.25, -0.2) is 4.79 Å². The molecule has 0 fully saturated rings. The molecule has 0 saturated heterocycles. The molecule has 2 amide bonds. The SMILES string of the molecule is COc1ccc(NC(=O)NC[C@H](O)c2ccc3c(c2)OCCO3)c(OC)c1. The van der Waals surface area contributed by atoms with Crippen LogP contribution < -0.4 is 29.6 Å². The third kappa shape index (κ3) is 4.53. The predicted molar refractivity (Wildman–Crippen MR) is 99.0 cm³/mol. The molecule has 1 atom stereocenters. The fraction of sp³-hybridized carbons (Fsp3) is 0.316. The van der Waals surface area contributed by atoms with E-state index >= 15 is 0 Å². The quantitative estimate of drug-likeness (QED) is 0.718. The van der Waals surface area contributed by atoms with Gasteiger partial charge in [0.05, 0.1) is 26.0 Å². The fourth-order valence-electron chi connectivity index (χ4n) is 2.64. The van der Waals surface area contributed by atoms with Crippen LogP contribution in [0, 0.1) is 0 Å². The molecule has 144 valence electrons. The Labute approximate surface area is 157 Å². The molecule has 0 spiro atoms. The number of aliphatic hydroxyl groups excluding tert-OH is 1. The highest BCUT2D eigenvalue weighted by molar-refractivity contribution is 5.91. The molecule has 0 aromatic heterocycles. The highest BCUT2D eigenvalue weighted by atomic mass is 16.6. The highest BCUT2D eigenvalue weighted by Crippen LogP contribution is 2.32. The minimum absolute atomic E-state index is 0.0317. The van der Waals surface area contributed by atoms with Crippen LogP contribution in [0.3, 0.4) is 0 Å². The number of ether oxygens (including phenoxy) is 4. The average Bonchev–Trinajstić information content (AvgIpc) is 2.71. The van der Waals surface area contributed by atoms with Gasteiger partial charge in [-0.05, 0) is 29.8 Å². The van der Waals surface area contributed by atoms with E-state index in [1.54, 1.807) is 43.5 Å². The first-order chi connectivity index (χ1) is 13.1. The van der Waals surface area contributed by atoms with Crippen LogP contribution in [-0.4, -0.2) is 45.1 Å². The molecule has 2 aromatic carbocycles. The molecule has 3 rings (SSSR count). The summed E-state index contributed by atoms with van der Waals surface area (Å²) in [5, 5.41) is 15.6. The molecule has 3 N–H and O–H groups in total. The van der Waals surface area contributed by atoms with Crippen LogP contribution >= 0.6 is 0 Å². The minimum Gasteiger partial charge on any atom is -0.497 e. The van der Waals surface area contributed by atoms with Crippen LogP contribution in [0.1, 0.15) is 11.7 Å². The zero-order valence-electron chi connectivity index (χ0n) is 15.2. The van der Waals surface area contributed by atoms with Gasteiger partial charge in [0.25, 0.3) is 0 Å². The van der Waals surface area contributed by atoms with Crippen molar-refractivity contribution in [1.82, 2.24) is 5.32 Å². The summed E-state index contributed by atoms with van der Waals surface area (Å²) in [6, 6.07) is 9.79. The minimum atomic E-state index is -0.885.